The van der Waals surface area contributed by atoms with Crippen LogP contribution >= 0.6 is 0 Å². The van der Waals surface area contributed by atoms with E-state index in [1.165, 1.54) is 46.0 Å². The fraction of sp³-hybridized carbons (Fsp3) is 0.391. The van der Waals surface area contributed by atoms with Gasteiger partial charge in [-0.1, -0.05) is 91.7 Å². The standard InChI is InChI=1S/C46H54N4O/c1-11-32-21-29(5)22-33(12-2)45(32)44-30(6)48-50(31(44)7)36-24-35(46(8,9)10)25-38(26-36)51-37-17-18-40-39-15-13-14-16-41(39)49(42(40)27-37)43-23-34(28(3)4)19-20-47-43/h13-21,23-29,33,45H,11-12,22H2,1-10H3/t29-,33-,45?/m0/s1. The van der Waals surface area contributed by atoms with Crippen LogP contribution in [-0.4, -0.2) is 19.3 Å². The van der Waals surface area contributed by atoms with Gasteiger partial charge in [0.25, 0.3) is 0 Å². The Kier molecular flexibility index (Phi) is 9.20. The normalized spacial score (nSPS) is 18.2. The van der Waals surface area contributed by atoms with Crippen molar-refractivity contribution >= 4 is 21.8 Å². The van der Waals surface area contributed by atoms with Crippen molar-refractivity contribution in [3.8, 4) is 23.0 Å². The number of aryl methyl sites for hydroxylation is 1. The maximum absolute atomic E-state index is 6.82. The molecule has 0 radical (unpaired) electrons. The molecular weight excluding hydrogens is 625 g/mol. The maximum Gasteiger partial charge on any atom is 0.137 e. The van der Waals surface area contributed by atoms with Crippen LogP contribution in [0.3, 0.4) is 0 Å². The first-order chi connectivity index (χ1) is 24.4. The molecule has 5 nitrogen and oxygen atoms in total. The van der Waals surface area contributed by atoms with Crippen molar-refractivity contribution in [2.75, 3.05) is 0 Å². The van der Waals surface area contributed by atoms with Crippen LogP contribution < -0.4 is 4.74 Å². The van der Waals surface area contributed by atoms with E-state index in [0.29, 0.717) is 23.7 Å². The average Bonchev–Trinajstić information content (AvgIpc) is 3.59. The zero-order chi connectivity index (χ0) is 36.2. The molecule has 0 saturated heterocycles. The largest absolute Gasteiger partial charge is 0.457 e. The second kappa shape index (κ2) is 13.5. The van der Waals surface area contributed by atoms with E-state index >= 15 is 0 Å². The summed E-state index contributed by atoms with van der Waals surface area (Å²) in [6.07, 6.45) is 7.94. The summed E-state index contributed by atoms with van der Waals surface area (Å²) in [6.45, 7) is 22.7. The van der Waals surface area contributed by atoms with Gasteiger partial charge in [-0.05, 0) is 103 Å². The summed E-state index contributed by atoms with van der Waals surface area (Å²) in [7, 11) is 0. The molecule has 0 fully saturated rings. The van der Waals surface area contributed by atoms with Crippen LogP contribution in [0.5, 0.6) is 11.5 Å². The SMILES string of the molecule is CCC1=C[C@H](C)C[C@H](CC)C1c1c(C)nn(-c2cc(Oc3ccc4c5ccccc5n(-c5cc(C(C)C)ccn5)c4c3)cc(C(C)(C)C)c2)c1C. The molecule has 3 heterocycles. The van der Waals surface area contributed by atoms with Gasteiger partial charge in [-0.2, -0.15) is 5.10 Å². The van der Waals surface area contributed by atoms with Crippen molar-refractivity contribution in [1.82, 2.24) is 19.3 Å². The van der Waals surface area contributed by atoms with Crippen LogP contribution in [0.25, 0.3) is 33.3 Å². The van der Waals surface area contributed by atoms with Gasteiger partial charge in [0.2, 0.25) is 0 Å². The van der Waals surface area contributed by atoms with Crippen molar-refractivity contribution < 1.29 is 4.74 Å². The Labute approximate surface area is 304 Å². The van der Waals surface area contributed by atoms with Gasteiger partial charge < -0.3 is 4.74 Å². The van der Waals surface area contributed by atoms with Crippen molar-refractivity contribution in [3.05, 3.63) is 119 Å². The van der Waals surface area contributed by atoms with Gasteiger partial charge >= 0.3 is 0 Å². The molecule has 1 aliphatic carbocycles. The van der Waals surface area contributed by atoms with Crippen LogP contribution in [0.2, 0.25) is 0 Å². The van der Waals surface area contributed by atoms with Crippen molar-refractivity contribution in [2.24, 2.45) is 11.8 Å². The smallest absolute Gasteiger partial charge is 0.137 e. The van der Waals surface area contributed by atoms with Gasteiger partial charge in [-0.15, -0.1) is 0 Å². The molecule has 1 aliphatic rings. The monoisotopic (exact) mass is 678 g/mol. The molecule has 0 spiro atoms. The van der Waals surface area contributed by atoms with E-state index in [9.17, 15) is 0 Å². The molecule has 7 rings (SSSR count). The number of hydrogen-bond acceptors (Lipinski definition) is 3. The Morgan fingerprint density at radius 2 is 1.65 bits per heavy atom. The zero-order valence-corrected chi connectivity index (χ0v) is 32.2. The van der Waals surface area contributed by atoms with Gasteiger partial charge in [-0.25, -0.2) is 9.67 Å². The molecule has 0 N–H and O–H groups in total. The number of rotatable bonds is 8. The summed E-state index contributed by atoms with van der Waals surface area (Å²) in [5.74, 6) is 4.59. The van der Waals surface area contributed by atoms with Crippen molar-refractivity contribution in [2.45, 2.75) is 106 Å². The quantitative estimate of drug-likeness (QED) is 0.151. The predicted molar refractivity (Wildman–Crippen MR) is 213 cm³/mol. The van der Waals surface area contributed by atoms with E-state index in [2.05, 4.69) is 157 Å². The number of ether oxygens (including phenoxy) is 1. The summed E-state index contributed by atoms with van der Waals surface area (Å²) in [5, 5.41) is 7.62. The molecule has 3 atom stereocenters. The van der Waals surface area contributed by atoms with E-state index < -0.39 is 0 Å². The Hall–Kier alpha value is -4.64. The zero-order valence-electron chi connectivity index (χ0n) is 32.2. The lowest BCUT2D eigenvalue weighted by Gasteiger charge is -2.35. The van der Waals surface area contributed by atoms with Crippen LogP contribution in [0.15, 0.2) is 90.6 Å². The van der Waals surface area contributed by atoms with Gasteiger partial charge in [0.15, 0.2) is 0 Å². The molecule has 1 unspecified atom stereocenters. The second-order valence-corrected chi connectivity index (χ2v) is 16.2. The Morgan fingerprint density at radius 3 is 2.37 bits per heavy atom. The molecule has 0 bridgehead atoms. The van der Waals surface area contributed by atoms with Gasteiger partial charge in [0.05, 0.1) is 22.4 Å². The summed E-state index contributed by atoms with van der Waals surface area (Å²) < 4.78 is 11.3. The first kappa shape index (κ1) is 34.8. The molecule has 0 amide bonds. The highest BCUT2D eigenvalue weighted by molar-refractivity contribution is 6.09. The van der Waals surface area contributed by atoms with Crippen molar-refractivity contribution in [3.63, 3.8) is 0 Å². The number of nitrogens with zero attached hydrogens (tertiary/aromatic N) is 4. The highest BCUT2D eigenvalue weighted by Crippen LogP contribution is 2.46. The Morgan fingerprint density at radius 1 is 0.882 bits per heavy atom. The summed E-state index contributed by atoms with van der Waals surface area (Å²) in [5.41, 5.74) is 11.0. The summed E-state index contributed by atoms with van der Waals surface area (Å²) >= 11 is 0. The number of para-hydroxylation sites is 1. The highest BCUT2D eigenvalue weighted by atomic mass is 16.5. The second-order valence-electron chi connectivity index (χ2n) is 16.2. The van der Waals surface area contributed by atoms with Crippen molar-refractivity contribution in [1.29, 1.82) is 0 Å². The van der Waals surface area contributed by atoms with Crippen LogP contribution in [0, 0.1) is 25.7 Å². The molecule has 0 saturated carbocycles. The minimum atomic E-state index is -0.0819. The number of benzene rings is 3. The summed E-state index contributed by atoms with van der Waals surface area (Å²) in [6, 6.07) is 26.0. The fourth-order valence-electron chi connectivity index (χ4n) is 8.48. The highest BCUT2D eigenvalue weighted by Gasteiger charge is 2.34. The fourth-order valence-corrected chi connectivity index (χ4v) is 8.48. The molecule has 264 valence electrons. The van der Waals surface area contributed by atoms with Gasteiger partial charge in [-0.3, -0.25) is 4.57 Å². The van der Waals surface area contributed by atoms with Crippen LogP contribution in [0.4, 0.5) is 0 Å². The van der Waals surface area contributed by atoms with E-state index in [4.69, 9.17) is 14.8 Å². The lowest BCUT2D eigenvalue weighted by molar-refractivity contribution is 0.347. The average molecular weight is 679 g/mol. The number of fused-ring (bicyclic) bond motifs is 3. The van der Waals surface area contributed by atoms with E-state index in [1.54, 1.807) is 5.57 Å². The van der Waals surface area contributed by atoms with Gasteiger partial charge in [0, 0.05) is 46.3 Å². The van der Waals surface area contributed by atoms with E-state index in [1.807, 2.05) is 6.20 Å². The molecule has 51 heavy (non-hydrogen) atoms. The minimum absolute atomic E-state index is 0.0819. The summed E-state index contributed by atoms with van der Waals surface area (Å²) in [4.78, 5) is 4.85. The number of hydrogen-bond donors (Lipinski definition) is 0. The third kappa shape index (κ3) is 6.41. The third-order valence-electron chi connectivity index (χ3n) is 11.2. The minimum Gasteiger partial charge on any atom is -0.457 e. The third-order valence-corrected chi connectivity index (χ3v) is 11.2. The van der Waals surface area contributed by atoms with E-state index in [0.717, 1.165) is 46.2 Å². The van der Waals surface area contributed by atoms with Gasteiger partial charge in [0.1, 0.15) is 17.3 Å². The van der Waals surface area contributed by atoms with Crippen LogP contribution in [-0.2, 0) is 5.41 Å². The van der Waals surface area contributed by atoms with E-state index in [-0.39, 0.29) is 5.41 Å². The molecular formula is C46H54N4O. The lowest BCUT2D eigenvalue weighted by atomic mass is 9.69. The molecule has 0 aliphatic heterocycles. The topological polar surface area (TPSA) is 44.9 Å². The predicted octanol–water partition coefficient (Wildman–Crippen LogP) is 12.7. The molecule has 3 aromatic carbocycles. The lowest BCUT2D eigenvalue weighted by Crippen LogP contribution is -2.23. The number of aromatic nitrogens is 4. The number of allylic oxidation sites excluding steroid dienone is 2. The first-order valence-electron chi connectivity index (χ1n) is 19.0. The molecule has 6 aromatic rings. The first-order valence-corrected chi connectivity index (χ1v) is 19.0. The maximum atomic E-state index is 6.82. The number of pyridine rings is 1. The Balaban J connectivity index is 1.33. The van der Waals surface area contributed by atoms with Crippen LogP contribution in [0.1, 0.15) is 115 Å². The molecule has 3 aromatic heterocycles. The Bertz CT molecular complexity index is 2260. The molecule has 5 heteroatoms.